The molecule has 0 aromatic carbocycles. The smallest absolute Gasteiger partial charge is 0.395 e. The van der Waals surface area contributed by atoms with Crippen molar-refractivity contribution < 1.29 is 37.4 Å². The summed E-state index contributed by atoms with van der Waals surface area (Å²) < 4.78 is 47.3. The number of aliphatic hydroxyl groups is 2. The Labute approximate surface area is 203 Å². The molecule has 1 rings (SSSR count). The number of halogens is 5. The summed E-state index contributed by atoms with van der Waals surface area (Å²) in [6.45, 7) is -2.22. The molecular weight excluding hydrogens is 565 g/mol. The van der Waals surface area contributed by atoms with Gasteiger partial charge in [-0.3, -0.25) is 9.13 Å². The quantitative estimate of drug-likeness (QED) is 0.216. The minimum absolute atomic E-state index is 0.0535. The van der Waals surface area contributed by atoms with E-state index in [1.165, 1.54) is 0 Å². The minimum Gasteiger partial charge on any atom is -0.395 e. The molecule has 0 amide bonds. The van der Waals surface area contributed by atoms with Gasteiger partial charge in [0.1, 0.15) is 0 Å². The van der Waals surface area contributed by atoms with Crippen molar-refractivity contribution in [3.8, 4) is 0 Å². The van der Waals surface area contributed by atoms with Crippen molar-refractivity contribution in [2.75, 3.05) is 51.4 Å². The van der Waals surface area contributed by atoms with Gasteiger partial charge < -0.3 is 28.3 Å². The van der Waals surface area contributed by atoms with Gasteiger partial charge in [-0.05, 0) is 11.6 Å². The molecule has 1 heterocycles. The lowest BCUT2D eigenvalue weighted by molar-refractivity contribution is 0.197. The maximum Gasteiger partial charge on any atom is 0.398 e. The van der Waals surface area contributed by atoms with Crippen LogP contribution in [-0.4, -0.2) is 87.3 Å². The molecule has 4 atom stereocenters. The lowest BCUT2D eigenvalue weighted by atomic mass is 10.5. The fourth-order valence-corrected chi connectivity index (χ4v) is 5.58. The summed E-state index contributed by atoms with van der Waals surface area (Å²) in [4.78, 5) is 11.3. The van der Waals surface area contributed by atoms with E-state index in [2.05, 4.69) is 15.0 Å². The third-order valence-corrected chi connectivity index (χ3v) is 7.41. The van der Waals surface area contributed by atoms with Gasteiger partial charge in [-0.15, -0.1) is 46.4 Å². The molecule has 31 heavy (non-hydrogen) atoms. The second kappa shape index (κ2) is 14.8. The van der Waals surface area contributed by atoms with Crippen LogP contribution in [0.15, 0.2) is 0 Å². The van der Waals surface area contributed by atoms with Crippen LogP contribution in [0.5, 0.6) is 0 Å². The maximum absolute atomic E-state index is 13.3. The lowest BCUT2D eigenvalue weighted by Crippen LogP contribution is -2.31. The number of aromatic nitrogens is 3. The first-order chi connectivity index (χ1) is 14.6. The van der Waals surface area contributed by atoms with Gasteiger partial charge in [0.25, 0.3) is 0 Å². The Hall–Kier alpha value is 0.680. The third-order valence-electron chi connectivity index (χ3n) is 3.00. The Morgan fingerprint density at radius 2 is 1.16 bits per heavy atom. The summed E-state index contributed by atoms with van der Waals surface area (Å²) in [5, 5.41) is 15.7. The van der Waals surface area contributed by atoms with E-state index in [1.807, 2.05) is 0 Å². The lowest BCUT2D eigenvalue weighted by Gasteiger charge is -2.20. The molecule has 0 saturated carbocycles. The van der Waals surface area contributed by atoms with Crippen molar-refractivity contribution in [2.45, 2.75) is 10.8 Å². The van der Waals surface area contributed by atoms with Crippen LogP contribution in [-0.2, 0) is 27.2 Å². The minimum atomic E-state index is -4.30. The molecule has 1 aromatic rings. The highest BCUT2D eigenvalue weighted by atomic mass is 35.5. The standard InChI is InChI=1S/C13H20Cl5N3O8P2/c14-1-3-26-30(24,28-7-9(16)5-22)12-19-11(18)20-13(21-12)31(25,27-4-2-15)29-8-10(17)6-23/h9-10,22-23H,1-8H2. The van der Waals surface area contributed by atoms with Crippen LogP contribution >= 0.6 is 73.2 Å². The van der Waals surface area contributed by atoms with Crippen LogP contribution in [0.3, 0.4) is 0 Å². The van der Waals surface area contributed by atoms with Gasteiger partial charge in [-0.2, -0.15) is 15.0 Å². The second-order valence-electron chi connectivity index (χ2n) is 5.40. The summed E-state index contributed by atoms with van der Waals surface area (Å²) in [6.07, 6.45) is 0. The average molecular weight is 586 g/mol. The second-order valence-corrected chi connectivity index (χ2v) is 11.5. The highest BCUT2D eigenvalue weighted by Gasteiger charge is 2.39. The molecule has 11 nitrogen and oxygen atoms in total. The molecule has 4 unspecified atom stereocenters. The van der Waals surface area contributed by atoms with E-state index in [1.54, 1.807) is 0 Å². The molecule has 1 aromatic heterocycles. The van der Waals surface area contributed by atoms with E-state index >= 15 is 0 Å². The van der Waals surface area contributed by atoms with Gasteiger partial charge in [0, 0.05) is 11.8 Å². The summed E-state index contributed by atoms with van der Waals surface area (Å²) in [7, 11) is -8.60. The molecule has 180 valence electrons. The van der Waals surface area contributed by atoms with Crippen molar-refractivity contribution in [1.82, 2.24) is 15.0 Å². The Morgan fingerprint density at radius 1 is 0.774 bits per heavy atom. The van der Waals surface area contributed by atoms with E-state index in [0.717, 1.165) is 0 Å². The van der Waals surface area contributed by atoms with E-state index in [0.29, 0.717) is 0 Å². The largest absolute Gasteiger partial charge is 0.398 e. The average Bonchev–Trinajstić information content (AvgIpc) is 2.77. The van der Waals surface area contributed by atoms with Gasteiger partial charge in [-0.25, -0.2) is 0 Å². The number of aliphatic hydroxyl groups excluding tert-OH is 2. The fraction of sp³-hybridized carbons (Fsp3) is 0.769. The SMILES string of the molecule is O=P(OCCCl)(OCC(Cl)CO)c1nc(Cl)nc(P(=O)(OCCCl)OCC(Cl)CO)n1. The van der Waals surface area contributed by atoms with Gasteiger partial charge in [-0.1, -0.05) is 0 Å². The predicted octanol–water partition coefficient (Wildman–Crippen LogP) is 1.91. The summed E-state index contributed by atoms with van der Waals surface area (Å²) in [5.74, 6) is -0.107. The van der Waals surface area contributed by atoms with Crippen LogP contribution in [0.4, 0.5) is 0 Å². The molecule has 0 aliphatic heterocycles. The molecule has 0 radical (unpaired) electrons. The Morgan fingerprint density at radius 3 is 1.48 bits per heavy atom. The van der Waals surface area contributed by atoms with Gasteiger partial charge in [0.05, 0.1) is 50.4 Å². The normalized spacial score (nSPS) is 17.6. The number of nitrogens with zero attached hydrogens (tertiary/aromatic N) is 3. The van der Waals surface area contributed by atoms with Crippen molar-refractivity contribution in [2.24, 2.45) is 0 Å². The van der Waals surface area contributed by atoms with E-state index < -0.39 is 68.8 Å². The summed E-state index contributed by atoms with van der Waals surface area (Å²) in [6, 6.07) is 0. The number of hydrogen-bond acceptors (Lipinski definition) is 11. The molecule has 0 bridgehead atoms. The number of alkyl halides is 4. The van der Waals surface area contributed by atoms with Crippen molar-refractivity contribution >= 4 is 84.3 Å². The molecule has 0 aliphatic carbocycles. The monoisotopic (exact) mass is 583 g/mol. The van der Waals surface area contributed by atoms with Crippen LogP contribution < -0.4 is 11.1 Å². The van der Waals surface area contributed by atoms with E-state index in [4.69, 9.17) is 86.3 Å². The van der Waals surface area contributed by atoms with Crippen molar-refractivity contribution in [3.63, 3.8) is 0 Å². The zero-order valence-electron chi connectivity index (χ0n) is 15.8. The van der Waals surface area contributed by atoms with Gasteiger partial charge in [0.15, 0.2) is 0 Å². The molecule has 0 fully saturated rings. The molecule has 0 saturated heterocycles. The first-order valence-electron chi connectivity index (χ1n) is 8.46. The summed E-state index contributed by atoms with van der Waals surface area (Å²) >= 11 is 28.6. The Kier molecular flexibility index (Phi) is 14.2. The van der Waals surface area contributed by atoms with Gasteiger partial charge >= 0.3 is 15.2 Å². The molecule has 0 spiro atoms. The fourth-order valence-electron chi connectivity index (χ4n) is 1.65. The van der Waals surface area contributed by atoms with E-state index in [9.17, 15) is 9.13 Å². The zero-order chi connectivity index (χ0) is 23.5. The van der Waals surface area contributed by atoms with Crippen LogP contribution in [0.25, 0.3) is 0 Å². The van der Waals surface area contributed by atoms with Crippen molar-refractivity contribution in [3.05, 3.63) is 5.28 Å². The topological polar surface area (TPSA) is 150 Å². The maximum atomic E-state index is 13.3. The molecule has 2 N–H and O–H groups in total. The zero-order valence-corrected chi connectivity index (χ0v) is 21.3. The van der Waals surface area contributed by atoms with Crippen molar-refractivity contribution in [1.29, 1.82) is 0 Å². The predicted molar refractivity (Wildman–Crippen MR) is 118 cm³/mol. The number of hydrogen-bond donors (Lipinski definition) is 2. The summed E-state index contributed by atoms with van der Waals surface area (Å²) in [5.41, 5.74) is -1.23. The Balaban J connectivity index is 3.37. The van der Waals surface area contributed by atoms with E-state index in [-0.39, 0.29) is 25.0 Å². The first-order valence-corrected chi connectivity index (χ1v) is 13.9. The number of rotatable bonds is 16. The van der Waals surface area contributed by atoms with Crippen LogP contribution in [0.1, 0.15) is 0 Å². The molecule has 0 aliphatic rings. The highest BCUT2D eigenvalue weighted by Crippen LogP contribution is 2.49. The Bertz CT molecular complexity index is 724. The third kappa shape index (κ3) is 9.83. The highest BCUT2D eigenvalue weighted by molar-refractivity contribution is 7.63. The first kappa shape index (κ1) is 29.7. The molecular formula is C13H20Cl5N3O8P2. The van der Waals surface area contributed by atoms with Crippen LogP contribution in [0, 0.1) is 0 Å². The molecule has 18 heteroatoms. The van der Waals surface area contributed by atoms with Gasteiger partial charge in [0.2, 0.25) is 16.4 Å². The van der Waals surface area contributed by atoms with Crippen LogP contribution in [0.2, 0.25) is 5.28 Å².